The topological polar surface area (TPSA) is 98.5 Å². The summed E-state index contributed by atoms with van der Waals surface area (Å²) < 4.78 is 4.88. The molecule has 0 unspecified atom stereocenters. The summed E-state index contributed by atoms with van der Waals surface area (Å²) in [5.41, 5.74) is -0.0296. The first-order valence-electron chi connectivity index (χ1n) is 10.0. The minimum atomic E-state index is -0.924. The quantitative estimate of drug-likeness (QED) is 0.460. The Morgan fingerprint density at radius 3 is 2.29 bits per heavy atom. The standard InChI is InChI=1S/C21H26N2O5/c1-28-19(24)17(9-16-4-2-3-5-18(16)23(26)27)22-20(25)21-10-13-6-14(11-21)8-15(7-13)12-21/h2-5,13-15,17H,6-12H2,1H3,(H,22,25)/t13?,14?,15?,17-,21?/m0/s1. The molecule has 5 rings (SSSR count). The van der Waals surface area contributed by atoms with E-state index in [4.69, 9.17) is 4.74 Å². The number of benzene rings is 1. The number of rotatable bonds is 6. The molecule has 7 heteroatoms. The fourth-order valence-corrected chi connectivity index (χ4v) is 6.12. The first-order chi connectivity index (χ1) is 13.4. The van der Waals surface area contributed by atoms with Crippen molar-refractivity contribution >= 4 is 17.6 Å². The van der Waals surface area contributed by atoms with E-state index < -0.39 is 16.9 Å². The number of nitrogens with zero attached hydrogens (tertiary/aromatic N) is 1. The van der Waals surface area contributed by atoms with Crippen LogP contribution in [0.3, 0.4) is 0 Å². The summed E-state index contributed by atoms with van der Waals surface area (Å²) >= 11 is 0. The number of para-hydroxylation sites is 1. The second-order valence-electron chi connectivity index (χ2n) is 8.84. The van der Waals surface area contributed by atoms with Gasteiger partial charge in [-0.3, -0.25) is 14.9 Å². The van der Waals surface area contributed by atoms with Crippen molar-refractivity contribution in [1.29, 1.82) is 0 Å². The van der Waals surface area contributed by atoms with Crippen LogP contribution in [0.2, 0.25) is 0 Å². The fourth-order valence-electron chi connectivity index (χ4n) is 6.12. The number of hydrogen-bond acceptors (Lipinski definition) is 5. The van der Waals surface area contributed by atoms with Gasteiger partial charge in [-0.05, 0) is 56.3 Å². The lowest BCUT2D eigenvalue weighted by Gasteiger charge is -2.55. The number of hydrogen-bond donors (Lipinski definition) is 1. The summed E-state index contributed by atoms with van der Waals surface area (Å²) in [6.07, 6.45) is 6.40. The molecule has 0 spiro atoms. The number of carbonyl (C=O) groups is 2. The first-order valence-corrected chi connectivity index (χ1v) is 10.0. The summed E-state index contributed by atoms with van der Waals surface area (Å²) in [5, 5.41) is 14.2. The average Bonchev–Trinajstić information content (AvgIpc) is 2.66. The van der Waals surface area contributed by atoms with Crippen molar-refractivity contribution in [2.75, 3.05) is 7.11 Å². The Balaban J connectivity index is 1.54. The van der Waals surface area contributed by atoms with E-state index in [-0.39, 0.29) is 23.4 Å². The van der Waals surface area contributed by atoms with Crippen LogP contribution in [0.1, 0.15) is 44.1 Å². The molecular formula is C21H26N2O5. The molecule has 1 atom stereocenters. The second kappa shape index (κ2) is 7.18. The number of ether oxygens (including phenoxy) is 1. The van der Waals surface area contributed by atoms with E-state index in [0.717, 1.165) is 19.3 Å². The van der Waals surface area contributed by atoms with Crippen molar-refractivity contribution in [2.24, 2.45) is 23.2 Å². The summed E-state index contributed by atoms with van der Waals surface area (Å²) in [4.78, 5) is 36.5. The maximum atomic E-state index is 13.3. The normalized spacial score (nSPS) is 31.2. The highest BCUT2D eigenvalue weighted by molar-refractivity contribution is 5.88. The van der Waals surface area contributed by atoms with Crippen LogP contribution in [0.25, 0.3) is 0 Å². The van der Waals surface area contributed by atoms with Gasteiger partial charge in [0.25, 0.3) is 5.69 Å². The highest BCUT2D eigenvalue weighted by Gasteiger charge is 2.55. The van der Waals surface area contributed by atoms with Gasteiger partial charge < -0.3 is 10.1 Å². The number of esters is 1. The lowest BCUT2D eigenvalue weighted by atomic mass is 9.49. The van der Waals surface area contributed by atoms with Crippen LogP contribution >= 0.6 is 0 Å². The van der Waals surface area contributed by atoms with Gasteiger partial charge in [-0.1, -0.05) is 18.2 Å². The Labute approximate surface area is 164 Å². The Hall–Kier alpha value is -2.44. The number of carbonyl (C=O) groups excluding carboxylic acids is 2. The predicted octanol–water partition coefficient (Wildman–Crippen LogP) is 3.01. The van der Waals surface area contributed by atoms with Crippen molar-refractivity contribution in [3.8, 4) is 0 Å². The molecule has 0 aliphatic heterocycles. The minimum absolute atomic E-state index is 0.0436. The molecule has 1 aromatic carbocycles. The van der Waals surface area contributed by atoms with Crippen molar-refractivity contribution in [1.82, 2.24) is 5.32 Å². The van der Waals surface area contributed by atoms with Crippen molar-refractivity contribution in [2.45, 2.75) is 51.0 Å². The average molecular weight is 386 g/mol. The molecular weight excluding hydrogens is 360 g/mol. The highest BCUT2D eigenvalue weighted by Crippen LogP contribution is 2.60. The van der Waals surface area contributed by atoms with Gasteiger partial charge in [-0.2, -0.15) is 0 Å². The number of nitrogens with one attached hydrogen (secondary N) is 1. The zero-order chi connectivity index (χ0) is 19.9. The third-order valence-electron chi connectivity index (χ3n) is 6.92. The van der Waals surface area contributed by atoms with E-state index in [1.165, 1.54) is 32.4 Å². The minimum Gasteiger partial charge on any atom is -0.467 e. The number of methoxy groups -OCH3 is 1. The van der Waals surface area contributed by atoms with Crippen LogP contribution in [0.15, 0.2) is 24.3 Å². The van der Waals surface area contributed by atoms with E-state index in [1.54, 1.807) is 18.2 Å². The van der Waals surface area contributed by atoms with E-state index in [9.17, 15) is 19.7 Å². The van der Waals surface area contributed by atoms with Gasteiger partial charge in [-0.25, -0.2) is 4.79 Å². The number of nitro benzene ring substituents is 1. The van der Waals surface area contributed by atoms with Crippen LogP contribution in [0.5, 0.6) is 0 Å². The van der Waals surface area contributed by atoms with Crippen LogP contribution in [0, 0.1) is 33.3 Å². The van der Waals surface area contributed by atoms with Crippen LogP contribution in [0.4, 0.5) is 5.69 Å². The molecule has 1 aromatic rings. The maximum absolute atomic E-state index is 13.3. The molecule has 0 heterocycles. The van der Waals surface area contributed by atoms with Gasteiger partial charge in [0.05, 0.1) is 12.0 Å². The molecule has 0 radical (unpaired) electrons. The third kappa shape index (κ3) is 3.38. The Morgan fingerprint density at radius 1 is 1.18 bits per heavy atom. The van der Waals surface area contributed by atoms with E-state index in [0.29, 0.717) is 23.3 Å². The Kier molecular flexibility index (Phi) is 4.85. The summed E-state index contributed by atoms with van der Waals surface area (Å²) in [5.74, 6) is 1.19. The number of amides is 1. The van der Waals surface area contributed by atoms with E-state index in [2.05, 4.69) is 5.32 Å². The molecule has 1 amide bonds. The Bertz CT molecular complexity index is 770. The molecule has 150 valence electrons. The van der Waals surface area contributed by atoms with Gasteiger partial charge in [0.15, 0.2) is 0 Å². The second-order valence-corrected chi connectivity index (χ2v) is 8.84. The van der Waals surface area contributed by atoms with Gasteiger partial charge >= 0.3 is 5.97 Å². The molecule has 4 aliphatic carbocycles. The molecule has 7 nitrogen and oxygen atoms in total. The summed E-state index contributed by atoms with van der Waals surface area (Å²) in [7, 11) is 1.27. The first kappa shape index (κ1) is 18.9. The molecule has 0 aromatic heterocycles. The largest absolute Gasteiger partial charge is 0.467 e. The molecule has 4 saturated carbocycles. The van der Waals surface area contributed by atoms with Gasteiger partial charge in [-0.15, -0.1) is 0 Å². The molecule has 1 N–H and O–H groups in total. The third-order valence-corrected chi connectivity index (χ3v) is 6.92. The van der Waals surface area contributed by atoms with E-state index in [1.807, 2.05) is 0 Å². The van der Waals surface area contributed by atoms with Crippen LogP contribution in [-0.4, -0.2) is 30.0 Å². The fraction of sp³-hybridized carbons (Fsp3) is 0.619. The maximum Gasteiger partial charge on any atom is 0.328 e. The van der Waals surface area contributed by atoms with Crippen LogP contribution in [-0.2, 0) is 20.7 Å². The summed E-state index contributed by atoms with van der Waals surface area (Å²) in [6.45, 7) is 0. The molecule has 4 fully saturated rings. The zero-order valence-electron chi connectivity index (χ0n) is 16.1. The smallest absolute Gasteiger partial charge is 0.328 e. The van der Waals surface area contributed by atoms with Crippen molar-refractivity contribution in [3.05, 3.63) is 39.9 Å². The SMILES string of the molecule is COC(=O)[C@H](Cc1ccccc1[N+](=O)[O-])NC(=O)C12CC3CC(CC(C3)C1)C2. The zero-order valence-corrected chi connectivity index (χ0v) is 16.1. The van der Waals surface area contributed by atoms with Crippen molar-refractivity contribution in [3.63, 3.8) is 0 Å². The molecule has 28 heavy (non-hydrogen) atoms. The van der Waals surface area contributed by atoms with Gasteiger partial charge in [0.1, 0.15) is 6.04 Å². The summed E-state index contributed by atoms with van der Waals surface area (Å²) in [6, 6.07) is 5.38. The van der Waals surface area contributed by atoms with Crippen molar-refractivity contribution < 1.29 is 19.2 Å². The Morgan fingerprint density at radius 2 is 1.75 bits per heavy atom. The lowest BCUT2D eigenvalue weighted by molar-refractivity contribution is -0.385. The highest BCUT2D eigenvalue weighted by atomic mass is 16.6. The predicted molar refractivity (Wildman–Crippen MR) is 101 cm³/mol. The molecule has 4 aliphatic rings. The van der Waals surface area contributed by atoms with Crippen LogP contribution < -0.4 is 5.32 Å². The van der Waals surface area contributed by atoms with E-state index >= 15 is 0 Å². The van der Waals surface area contributed by atoms with Gasteiger partial charge in [0, 0.05) is 23.5 Å². The molecule has 0 saturated heterocycles. The number of nitro groups is 1. The lowest BCUT2D eigenvalue weighted by Crippen LogP contribution is -2.56. The molecule has 4 bridgehead atoms. The monoisotopic (exact) mass is 386 g/mol. The van der Waals surface area contributed by atoms with Gasteiger partial charge in [0.2, 0.25) is 5.91 Å².